The van der Waals surface area contributed by atoms with Crippen LogP contribution in [0.15, 0.2) is 146 Å². The Kier molecular flexibility index (Phi) is 9.62. The number of nitrogens with zero attached hydrogens (tertiary/aromatic N) is 2. The Morgan fingerprint density at radius 3 is 1.34 bits per heavy atom. The van der Waals surface area contributed by atoms with Crippen molar-refractivity contribution in [2.24, 2.45) is 0 Å². The zero-order chi connectivity index (χ0) is 50.1. The van der Waals surface area contributed by atoms with Gasteiger partial charge in [0.1, 0.15) is 0 Å². The van der Waals surface area contributed by atoms with E-state index in [9.17, 15) is 0 Å². The lowest BCUT2D eigenvalue weighted by Crippen LogP contribution is -2.55. The predicted molar refractivity (Wildman–Crippen MR) is 309 cm³/mol. The molecule has 0 radical (unpaired) electrons. The van der Waals surface area contributed by atoms with Gasteiger partial charge in [0, 0.05) is 43.8 Å². The summed E-state index contributed by atoms with van der Waals surface area (Å²) in [4.78, 5) is 0. The fourth-order valence-corrected chi connectivity index (χ4v) is 12.0. The summed E-state index contributed by atoms with van der Waals surface area (Å²) >= 11 is 0. The van der Waals surface area contributed by atoms with E-state index in [0.717, 1.165) is 0 Å². The van der Waals surface area contributed by atoms with Crippen LogP contribution < -0.4 is 10.9 Å². The molecule has 0 spiro atoms. The largest absolute Gasteiger partial charge is 0.375 e. The van der Waals surface area contributed by atoms with Crippen LogP contribution in [0.4, 0.5) is 0 Å². The third-order valence-electron chi connectivity index (χ3n) is 16.3. The van der Waals surface area contributed by atoms with Gasteiger partial charge >= 0.3 is 6.85 Å². The van der Waals surface area contributed by atoms with Crippen molar-refractivity contribution in [2.45, 2.75) is 131 Å². The molecule has 8 aromatic carbocycles. The summed E-state index contributed by atoms with van der Waals surface area (Å²) in [5, 5.41) is 5.26. The molecular formula is C68H69BN2. The number of hydrogen-bond donors (Lipinski definition) is 0. The summed E-state index contributed by atoms with van der Waals surface area (Å²) in [6.07, 6.45) is 0. The fraction of sp³-hybridized carbons (Fsp3) is 0.294. The Balaban J connectivity index is 1.24. The second kappa shape index (κ2) is 15.0. The summed E-state index contributed by atoms with van der Waals surface area (Å²) in [5.41, 5.74) is 26.3. The molecular weight excluding hydrogens is 856 g/mol. The number of hydrogen-bond acceptors (Lipinski definition) is 0. The van der Waals surface area contributed by atoms with Crippen LogP contribution in [0.3, 0.4) is 0 Å². The molecule has 0 unspecified atom stereocenters. The van der Waals surface area contributed by atoms with E-state index in [-0.39, 0.29) is 33.9 Å². The lowest BCUT2D eigenvalue weighted by atomic mass is 9.45. The van der Waals surface area contributed by atoms with E-state index < -0.39 is 0 Å². The summed E-state index contributed by atoms with van der Waals surface area (Å²) < 4.78 is 5.40. The first-order chi connectivity index (χ1) is 33.4. The summed E-state index contributed by atoms with van der Waals surface area (Å²) in [6, 6.07) is 57.8. The number of aromatic nitrogens is 2. The molecule has 71 heavy (non-hydrogen) atoms. The summed E-state index contributed by atoms with van der Waals surface area (Å²) in [6.45, 7) is 34.8. The van der Waals surface area contributed by atoms with Crippen LogP contribution in [0, 0.1) is 0 Å². The van der Waals surface area contributed by atoms with Gasteiger partial charge in [0.15, 0.2) is 0 Å². The molecule has 0 bridgehead atoms. The maximum absolute atomic E-state index is 2.77. The Hall–Kier alpha value is -6.58. The molecule has 12 rings (SSSR count). The average molecular weight is 925 g/mol. The first-order valence-corrected chi connectivity index (χ1v) is 26.1. The van der Waals surface area contributed by atoms with Gasteiger partial charge in [0.25, 0.3) is 0 Å². The van der Waals surface area contributed by atoms with Gasteiger partial charge < -0.3 is 9.05 Å². The van der Waals surface area contributed by atoms with Crippen molar-refractivity contribution < 1.29 is 0 Å². The maximum atomic E-state index is 2.77. The Bertz CT molecular complexity index is 3840. The first-order valence-electron chi connectivity index (χ1n) is 26.1. The Morgan fingerprint density at radius 1 is 0.324 bits per heavy atom. The SMILES string of the molecule is CC(C)(C)c1ccc(-c2ccc3c(c2)c2cc(-c4ccc(C(C)(C)C)cc4)cc4c2n3-c2ccc(-c3ccc(C(C)(C)C)cc3)c3c2B4n2c4ccc(C(C)(C)C)cc4c4cc(C(C)(C)C)cc-3c42)cc1. The minimum absolute atomic E-state index is 0.00191. The highest BCUT2D eigenvalue weighted by atomic mass is 15.0. The van der Waals surface area contributed by atoms with Crippen molar-refractivity contribution in [1.29, 1.82) is 0 Å². The molecule has 0 atom stereocenters. The van der Waals surface area contributed by atoms with Gasteiger partial charge in [-0.1, -0.05) is 201 Å². The minimum atomic E-state index is -0.0835. The molecule has 4 heterocycles. The Labute approximate surface area is 422 Å². The fourth-order valence-electron chi connectivity index (χ4n) is 12.0. The third-order valence-corrected chi connectivity index (χ3v) is 16.3. The highest BCUT2D eigenvalue weighted by molar-refractivity contribution is 6.90. The first kappa shape index (κ1) is 45.6. The molecule has 0 aliphatic carbocycles. The van der Waals surface area contributed by atoms with E-state index in [1.807, 2.05) is 0 Å². The highest BCUT2D eigenvalue weighted by Crippen LogP contribution is 2.49. The molecule has 2 aliphatic heterocycles. The van der Waals surface area contributed by atoms with Gasteiger partial charge in [-0.05, 0) is 153 Å². The number of fused-ring (bicyclic) bond motifs is 10. The van der Waals surface area contributed by atoms with Crippen LogP contribution in [0.2, 0.25) is 0 Å². The van der Waals surface area contributed by atoms with Crippen molar-refractivity contribution >= 4 is 61.4 Å². The molecule has 2 aromatic heterocycles. The summed E-state index contributed by atoms with van der Waals surface area (Å²) in [5.74, 6) is 0. The smallest absolute Gasteiger partial charge is 0.333 e. The average Bonchev–Trinajstić information content (AvgIpc) is 3.82. The van der Waals surface area contributed by atoms with Crippen molar-refractivity contribution in [2.75, 3.05) is 0 Å². The van der Waals surface area contributed by atoms with Gasteiger partial charge in [0.05, 0.1) is 11.0 Å². The zero-order valence-electron chi connectivity index (χ0n) is 44.8. The molecule has 10 aromatic rings. The molecule has 2 nitrogen and oxygen atoms in total. The summed E-state index contributed by atoms with van der Waals surface area (Å²) in [7, 11) is 0. The van der Waals surface area contributed by atoms with Crippen molar-refractivity contribution in [3.63, 3.8) is 0 Å². The second-order valence-corrected chi connectivity index (χ2v) is 26.4. The lowest BCUT2D eigenvalue weighted by molar-refractivity contribution is 0.590. The van der Waals surface area contributed by atoms with Gasteiger partial charge in [0.2, 0.25) is 0 Å². The van der Waals surface area contributed by atoms with Crippen LogP contribution in [-0.4, -0.2) is 15.9 Å². The van der Waals surface area contributed by atoms with E-state index in [4.69, 9.17) is 0 Å². The predicted octanol–water partition coefficient (Wildman–Crippen LogP) is 17.3. The molecule has 0 N–H and O–H groups in total. The van der Waals surface area contributed by atoms with Crippen LogP contribution in [0.5, 0.6) is 0 Å². The second-order valence-electron chi connectivity index (χ2n) is 26.4. The molecule has 2 aliphatic rings. The van der Waals surface area contributed by atoms with Gasteiger partial charge in [-0.2, -0.15) is 0 Å². The van der Waals surface area contributed by atoms with E-state index in [1.165, 1.54) is 133 Å². The molecule has 3 heteroatoms. The monoisotopic (exact) mass is 925 g/mol. The minimum Gasteiger partial charge on any atom is -0.375 e. The van der Waals surface area contributed by atoms with Crippen LogP contribution >= 0.6 is 0 Å². The van der Waals surface area contributed by atoms with Gasteiger partial charge in [-0.3, -0.25) is 0 Å². The number of rotatable bonds is 3. The zero-order valence-corrected chi connectivity index (χ0v) is 44.8. The lowest BCUT2D eigenvalue weighted by Gasteiger charge is -2.36. The van der Waals surface area contributed by atoms with Crippen LogP contribution in [0.25, 0.3) is 93.8 Å². The van der Waals surface area contributed by atoms with Gasteiger partial charge in [-0.25, -0.2) is 0 Å². The molecule has 0 saturated heterocycles. The van der Waals surface area contributed by atoms with Crippen LogP contribution in [0.1, 0.15) is 132 Å². The van der Waals surface area contributed by atoms with E-state index in [0.29, 0.717) is 0 Å². The third kappa shape index (κ3) is 7.04. The highest BCUT2D eigenvalue weighted by Gasteiger charge is 2.43. The van der Waals surface area contributed by atoms with E-state index in [2.05, 4.69) is 258 Å². The van der Waals surface area contributed by atoms with Crippen LogP contribution in [-0.2, 0) is 27.1 Å². The van der Waals surface area contributed by atoms with Crippen molar-refractivity contribution in [3.05, 3.63) is 173 Å². The molecule has 0 fully saturated rings. The maximum Gasteiger partial charge on any atom is 0.333 e. The number of benzene rings is 8. The van der Waals surface area contributed by atoms with Crippen molar-refractivity contribution in [1.82, 2.24) is 9.05 Å². The van der Waals surface area contributed by atoms with E-state index in [1.54, 1.807) is 0 Å². The van der Waals surface area contributed by atoms with E-state index >= 15 is 0 Å². The quantitative estimate of drug-likeness (QED) is 0.156. The molecule has 0 saturated carbocycles. The molecule has 354 valence electrons. The standard InChI is InChI=1S/C68H69BN2/c1-64(2,3)45-23-16-40(17-24-45)43-22-31-57-51(34-43)53-35-44(41-18-25-46(26-19-41)65(4,5)6)36-56-63(53)70(57)59-33-30-50(42-20-27-47(28-21-42)66(7,8)9)60-55-39-49(68(13,14)15)38-54-52-37-48(67(10,11)12)29-32-58(52)71(62(54)55)69(56)61(59)60/h16-39H,1-15H3. The Morgan fingerprint density at radius 2 is 0.775 bits per heavy atom. The molecule has 0 amide bonds. The topological polar surface area (TPSA) is 9.86 Å². The van der Waals surface area contributed by atoms with Crippen molar-refractivity contribution in [3.8, 4) is 50.2 Å². The normalized spacial score (nSPS) is 13.8. The van der Waals surface area contributed by atoms with Gasteiger partial charge in [-0.15, -0.1) is 0 Å².